The summed E-state index contributed by atoms with van der Waals surface area (Å²) in [6, 6.07) is 5.89. The zero-order chi connectivity index (χ0) is 16.3. The molecule has 3 amide bonds. The summed E-state index contributed by atoms with van der Waals surface area (Å²) in [5.74, 6) is -1.35. The van der Waals surface area contributed by atoms with Crippen LogP contribution in [-0.2, 0) is 14.3 Å². The highest BCUT2D eigenvalue weighted by atomic mass is 16.5. The normalized spacial score (nSPS) is 15.9. The molecule has 0 aromatic heterocycles. The lowest BCUT2D eigenvalue weighted by Crippen LogP contribution is -2.36. The van der Waals surface area contributed by atoms with Gasteiger partial charge in [0.05, 0.1) is 7.11 Å². The highest BCUT2D eigenvalue weighted by Crippen LogP contribution is 2.14. The number of nitrogens with zero attached hydrogens (tertiary/aromatic N) is 1. The van der Waals surface area contributed by atoms with Crippen LogP contribution in [0, 0.1) is 5.41 Å². The number of ether oxygens (including phenoxy) is 1. The molecule has 2 rings (SSSR count). The highest BCUT2D eigenvalue weighted by molar-refractivity contribution is 6.15. The molecule has 0 saturated carbocycles. The van der Waals surface area contributed by atoms with Crippen LogP contribution in [0.1, 0.15) is 11.1 Å². The summed E-state index contributed by atoms with van der Waals surface area (Å²) >= 11 is 0. The first-order valence-electron chi connectivity index (χ1n) is 6.28. The number of carbonyl (C=O) groups is 3. The second-order valence-corrected chi connectivity index (χ2v) is 4.49. The van der Waals surface area contributed by atoms with E-state index in [2.05, 4.69) is 10.1 Å². The Balaban J connectivity index is 2.19. The molecule has 0 radical (unpaired) electrons. The number of esters is 1. The molecule has 22 heavy (non-hydrogen) atoms. The number of imide groups is 1. The Labute approximate surface area is 126 Å². The Kier molecular flexibility index (Phi) is 4.21. The van der Waals surface area contributed by atoms with Gasteiger partial charge in [-0.15, -0.1) is 0 Å². The van der Waals surface area contributed by atoms with Gasteiger partial charge in [-0.1, -0.05) is 24.3 Å². The molecule has 114 valence electrons. The summed E-state index contributed by atoms with van der Waals surface area (Å²) in [6.07, 6.45) is 1.47. The monoisotopic (exact) mass is 302 g/mol. The number of nitrogens with one attached hydrogen (secondary N) is 2. The van der Waals surface area contributed by atoms with Crippen molar-refractivity contribution in [3.8, 4) is 0 Å². The van der Waals surface area contributed by atoms with E-state index in [4.69, 9.17) is 11.1 Å². The smallest absolute Gasteiger partial charge is 0.329 e. The van der Waals surface area contributed by atoms with Gasteiger partial charge < -0.3 is 15.8 Å². The molecule has 8 heteroatoms. The number of methoxy groups -OCH3 is 1. The van der Waals surface area contributed by atoms with Crippen molar-refractivity contribution in [2.24, 2.45) is 5.73 Å². The minimum atomic E-state index is -0.685. The SMILES string of the molecule is COC(=O)CN1C(=O)N/C(=C\c2ccc(C(=N)N)cc2)C1=O. The van der Waals surface area contributed by atoms with Gasteiger partial charge in [0, 0.05) is 5.56 Å². The lowest BCUT2D eigenvalue weighted by molar-refractivity contribution is -0.143. The standard InChI is InChI=1S/C14H14N4O4/c1-22-11(19)7-18-13(20)10(17-14(18)21)6-8-2-4-9(5-3-8)12(15)16/h2-6H,7H2,1H3,(H3,15,16)(H,17,21)/b10-6-. The van der Waals surface area contributed by atoms with Gasteiger partial charge in [-0.3, -0.25) is 15.0 Å². The molecule has 1 aliphatic heterocycles. The second-order valence-electron chi connectivity index (χ2n) is 4.49. The van der Waals surface area contributed by atoms with E-state index in [-0.39, 0.29) is 11.5 Å². The molecule has 1 aromatic carbocycles. The molecule has 1 aromatic rings. The predicted molar refractivity (Wildman–Crippen MR) is 77.7 cm³/mol. The minimum Gasteiger partial charge on any atom is -0.468 e. The number of urea groups is 1. The molecule has 1 aliphatic rings. The molecule has 0 aliphatic carbocycles. The van der Waals surface area contributed by atoms with E-state index in [1.807, 2.05) is 0 Å². The van der Waals surface area contributed by atoms with Crippen molar-refractivity contribution in [3.05, 3.63) is 41.1 Å². The van der Waals surface area contributed by atoms with Crippen LogP contribution in [0.2, 0.25) is 0 Å². The van der Waals surface area contributed by atoms with E-state index < -0.39 is 24.5 Å². The van der Waals surface area contributed by atoms with Crippen molar-refractivity contribution in [1.82, 2.24) is 10.2 Å². The Bertz CT molecular complexity index is 679. The molecule has 1 heterocycles. The van der Waals surface area contributed by atoms with E-state index in [1.165, 1.54) is 13.2 Å². The van der Waals surface area contributed by atoms with Crippen LogP contribution in [-0.4, -0.2) is 42.3 Å². The first-order valence-corrected chi connectivity index (χ1v) is 6.28. The van der Waals surface area contributed by atoms with Crippen LogP contribution in [0.3, 0.4) is 0 Å². The molecular weight excluding hydrogens is 288 g/mol. The zero-order valence-corrected chi connectivity index (χ0v) is 11.8. The van der Waals surface area contributed by atoms with Crippen LogP contribution in [0.5, 0.6) is 0 Å². The van der Waals surface area contributed by atoms with E-state index in [0.717, 1.165) is 4.90 Å². The predicted octanol–water partition coefficient (Wildman–Crippen LogP) is 0.0364. The summed E-state index contributed by atoms with van der Waals surface area (Å²) in [4.78, 5) is 35.7. The lowest BCUT2D eigenvalue weighted by atomic mass is 10.1. The summed E-state index contributed by atoms with van der Waals surface area (Å²) in [6.45, 7) is -0.443. The van der Waals surface area contributed by atoms with Crippen LogP contribution in [0.15, 0.2) is 30.0 Å². The molecule has 0 spiro atoms. The van der Waals surface area contributed by atoms with E-state index in [0.29, 0.717) is 11.1 Å². The van der Waals surface area contributed by atoms with E-state index >= 15 is 0 Å². The Morgan fingerprint density at radius 3 is 2.55 bits per heavy atom. The summed E-state index contributed by atoms with van der Waals surface area (Å²) < 4.78 is 4.43. The largest absolute Gasteiger partial charge is 0.468 e. The number of hydrogen-bond donors (Lipinski definition) is 3. The third-order valence-electron chi connectivity index (χ3n) is 3.01. The van der Waals surface area contributed by atoms with Crippen LogP contribution in [0.4, 0.5) is 4.79 Å². The molecule has 1 fully saturated rings. The molecule has 0 unspecified atom stereocenters. The van der Waals surface area contributed by atoms with Gasteiger partial charge in [-0.05, 0) is 11.6 Å². The Morgan fingerprint density at radius 1 is 1.36 bits per heavy atom. The lowest BCUT2D eigenvalue weighted by Gasteiger charge is -2.08. The fraction of sp³-hybridized carbons (Fsp3) is 0.143. The number of amides is 3. The van der Waals surface area contributed by atoms with Crippen molar-refractivity contribution < 1.29 is 19.1 Å². The fourth-order valence-corrected chi connectivity index (χ4v) is 1.83. The Morgan fingerprint density at radius 2 is 2.00 bits per heavy atom. The van der Waals surface area contributed by atoms with E-state index in [1.54, 1.807) is 24.3 Å². The topological polar surface area (TPSA) is 126 Å². The molecule has 4 N–H and O–H groups in total. The first kappa shape index (κ1) is 15.2. The van der Waals surface area contributed by atoms with Gasteiger partial charge >= 0.3 is 12.0 Å². The number of hydrogen-bond acceptors (Lipinski definition) is 5. The second kappa shape index (κ2) is 6.08. The summed E-state index contributed by atoms with van der Waals surface area (Å²) in [7, 11) is 1.17. The zero-order valence-electron chi connectivity index (χ0n) is 11.8. The average molecular weight is 302 g/mol. The first-order chi connectivity index (χ1) is 10.4. The number of amidine groups is 1. The average Bonchev–Trinajstić information content (AvgIpc) is 2.75. The number of rotatable bonds is 4. The molecule has 0 atom stereocenters. The Hall–Kier alpha value is -3.16. The number of carbonyl (C=O) groups excluding carboxylic acids is 3. The van der Waals surface area contributed by atoms with Gasteiger partial charge in [-0.25, -0.2) is 9.69 Å². The summed E-state index contributed by atoms with van der Waals surface area (Å²) in [5, 5.41) is 9.69. The van der Waals surface area contributed by atoms with Crippen molar-refractivity contribution in [2.75, 3.05) is 13.7 Å². The van der Waals surface area contributed by atoms with Crippen molar-refractivity contribution in [3.63, 3.8) is 0 Å². The van der Waals surface area contributed by atoms with Crippen molar-refractivity contribution in [1.29, 1.82) is 5.41 Å². The van der Waals surface area contributed by atoms with Crippen molar-refractivity contribution >= 4 is 29.8 Å². The van der Waals surface area contributed by atoms with Crippen molar-refractivity contribution in [2.45, 2.75) is 0 Å². The van der Waals surface area contributed by atoms with Crippen LogP contribution in [0.25, 0.3) is 6.08 Å². The number of nitrogen functional groups attached to an aromatic ring is 1. The maximum atomic E-state index is 12.1. The van der Waals surface area contributed by atoms with Gasteiger partial charge in [0.15, 0.2) is 0 Å². The van der Waals surface area contributed by atoms with Crippen LogP contribution >= 0.6 is 0 Å². The molecule has 8 nitrogen and oxygen atoms in total. The number of benzene rings is 1. The minimum absolute atomic E-state index is 0.0597. The van der Waals surface area contributed by atoms with Gasteiger partial charge in [0.1, 0.15) is 18.1 Å². The quantitative estimate of drug-likeness (QED) is 0.238. The van der Waals surface area contributed by atoms with Crippen LogP contribution < -0.4 is 11.1 Å². The summed E-state index contributed by atoms with van der Waals surface area (Å²) in [5.41, 5.74) is 6.61. The number of nitrogens with two attached hydrogens (primary N) is 1. The van der Waals surface area contributed by atoms with Gasteiger partial charge in [0.2, 0.25) is 0 Å². The molecule has 1 saturated heterocycles. The molecular formula is C14H14N4O4. The third-order valence-corrected chi connectivity index (χ3v) is 3.01. The van der Waals surface area contributed by atoms with Gasteiger partial charge in [-0.2, -0.15) is 0 Å². The third kappa shape index (κ3) is 3.11. The maximum Gasteiger partial charge on any atom is 0.329 e. The van der Waals surface area contributed by atoms with E-state index in [9.17, 15) is 14.4 Å². The molecule has 0 bridgehead atoms. The maximum absolute atomic E-state index is 12.1. The fourth-order valence-electron chi connectivity index (χ4n) is 1.83. The highest BCUT2D eigenvalue weighted by Gasteiger charge is 2.35. The van der Waals surface area contributed by atoms with Gasteiger partial charge in [0.25, 0.3) is 5.91 Å².